The number of nitrogens with zero attached hydrogens (tertiary/aromatic N) is 3. The minimum Gasteiger partial charge on any atom is -0.306 e. The molecule has 0 fully saturated rings. The molecule has 3 rings (SSSR count). The molecule has 1 aliphatic rings. The normalized spacial score (nSPS) is 18.3. The number of aryl methyl sites for hydroxylation is 2. The molecular weight excluding hydrogens is 236 g/mol. The quantitative estimate of drug-likeness (QED) is 0.916. The van der Waals surface area contributed by atoms with Gasteiger partial charge in [-0.05, 0) is 43.4 Å². The molecule has 0 spiro atoms. The topological polar surface area (TPSA) is 42.7 Å². The van der Waals surface area contributed by atoms with Crippen molar-refractivity contribution in [3.8, 4) is 0 Å². The highest BCUT2D eigenvalue weighted by Crippen LogP contribution is 2.29. The molecule has 0 bridgehead atoms. The van der Waals surface area contributed by atoms with Gasteiger partial charge in [-0.1, -0.05) is 0 Å². The summed E-state index contributed by atoms with van der Waals surface area (Å²) < 4.78 is 2.01. The first kappa shape index (κ1) is 12.4. The lowest BCUT2D eigenvalue weighted by molar-refractivity contribution is 0.451. The Morgan fingerprint density at radius 1 is 1.42 bits per heavy atom. The van der Waals surface area contributed by atoms with Gasteiger partial charge < -0.3 is 5.32 Å². The molecule has 2 aromatic heterocycles. The highest BCUT2D eigenvalue weighted by atomic mass is 15.3. The van der Waals surface area contributed by atoms with E-state index in [0.29, 0.717) is 6.04 Å². The van der Waals surface area contributed by atoms with Crippen molar-refractivity contribution in [3.63, 3.8) is 0 Å². The molecule has 0 aromatic carbocycles. The Hall–Kier alpha value is -1.68. The van der Waals surface area contributed by atoms with Crippen LogP contribution >= 0.6 is 0 Å². The summed E-state index contributed by atoms with van der Waals surface area (Å²) in [5.41, 5.74) is 5.33. The van der Waals surface area contributed by atoms with Crippen molar-refractivity contribution in [1.29, 1.82) is 0 Å². The Bertz CT molecular complexity index is 573. The van der Waals surface area contributed by atoms with E-state index in [-0.39, 0.29) is 0 Å². The average molecular weight is 256 g/mol. The zero-order chi connectivity index (χ0) is 13.2. The number of fused-ring (bicyclic) bond motifs is 1. The number of hydrogen-bond donors (Lipinski definition) is 1. The second kappa shape index (κ2) is 5.13. The first-order valence-electron chi connectivity index (χ1n) is 6.89. The van der Waals surface area contributed by atoms with Crippen LogP contribution in [0.2, 0.25) is 0 Å². The number of aromatic nitrogens is 3. The molecule has 0 saturated heterocycles. The van der Waals surface area contributed by atoms with Crippen LogP contribution in [0.4, 0.5) is 0 Å². The van der Waals surface area contributed by atoms with Crippen LogP contribution < -0.4 is 5.32 Å². The van der Waals surface area contributed by atoms with E-state index in [1.54, 1.807) is 0 Å². The molecule has 19 heavy (non-hydrogen) atoms. The lowest BCUT2D eigenvalue weighted by atomic mass is 9.93. The van der Waals surface area contributed by atoms with Crippen molar-refractivity contribution >= 4 is 0 Å². The molecule has 0 amide bonds. The Morgan fingerprint density at radius 3 is 3.16 bits per heavy atom. The van der Waals surface area contributed by atoms with Crippen molar-refractivity contribution in [2.75, 3.05) is 0 Å². The lowest BCUT2D eigenvalue weighted by Gasteiger charge is -2.24. The molecule has 2 aromatic rings. The molecule has 1 unspecified atom stereocenters. The van der Waals surface area contributed by atoms with Gasteiger partial charge in [0.1, 0.15) is 0 Å². The number of rotatable bonds is 3. The fraction of sp³-hybridized carbons (Fsp3) is 0.467. The zero-order valence-corrected chi connectivity index (χ0v) is 11.6. The van der Waals surface area contributed by atoms with Crippen LogP contribution in [-0.4, -0.2) is 14.8 Å². The summed E-state index contributed by atoms with van der Waals surface area (Å²) in [7, 11) is 2.04. The van der Waals surface area contributed by atoms with Gasteiger partial charge in [-0.3, -0.25) is 9.67 Å². The Balaban J connectivity index is 1.73. The molecule has 100 valence electrons. The number of hydrogen-bond acceptors (Lipinski definition) is 3. The first-order valence-corrected chi connectivity index (χ1v) is 6.89. The second-order valence-electron chi connectivity index (χ2n) is 5.30. The SMILES string of the molecule is Cc1cnccc1CNC1CCCc2c1cnn2C. The first-order chi connectivity index (χ1) is 9.25. The number of pyridine rings is 1. The van der Waals surface area contributed by atoms with Crippen molar-refractivity contribution in [2.24, 2.45) is 7.05 Å². The summed E-state index contributed by atoms with van der Waals surface area (Å²) in [5.74, 6) is 0. The zero-order valence-electron chi connectivity index (χ0n) is 11.6. The summed E-state index contributed by atoms with van der Waals surface area (Å²) in [6.45, 7) is 3.01. The molecule has 4 nitrogen and oxygen atoms in total. The molecule has 4 heteroatoms. The van der Waals surface area contributed by atoms with Crippen LogP contribution in [0.25, 0.3) is 0 Å². The molecule has 0 aliphatic heterocycles. The monoisotopic (exact) mass is 256 g/mol. The highest BCUT2D eigenvalue weighted by molar-refractivity contribution is 5.26. The minimum absolute atomic E-state index is 0.435. The van der Waals surface area contributed by atoms with Gasteiger partial charge in [0.15, 0.2) is 0 Å². The van der Waals surface area contributed by atoms with Gasteiger partial charge in [-0.15, -0.1) is 0 Å². The van der Waals surface area contributed by atoms with Crippen molar-refractivity contribution in [2.45, 2.75) is 38.8 Å². The summed E-state index contributed by atoms with van der Waals surface area (Å²) >= 11 is 0. The minimum atomic E-state index is 0.435. The molecule has 1 atom stereocenters. The molecule has 0 saturated carbocycles. The Kier molecular flexibility index (Phi) is 3.34. The van der Waals surface area contributed by atoms with E-state index in [9.17, 15) is 0 Å². The molecule has 1 N–H and O–H groups in total. The van der Waals surface area contributed by atoms with Gasteiger partial charge in [-0.2, -0.15) is 5.10 Å². The maximum Gasteiger partial charge on any atom is 0.0540 e. The Labute approximate surface area is 113 Å². The molecule has 0 radical (unpaired) electrons. The third-order valence-electron chi connectivity index (χ3n) is 4.05. The number of nitrogens with one attached hydrogen (secondary N) is 1. The lowest BCUT2D eigenvalue weighted by Crippen LogP contribution is -2.25. The maximum atomic E-state index is 4.39. The van der Waals surface area contributed by atoms with E-state index in [1.807, 2.05) is 30.3 Å². The van der Waals surface area contributed by atoms with Gasteiger partial charge in [-0.25, -0.2) is 0 Å². The van der Waals surface area contributed by atoms with E-state index >= 15 is 0 Å². The van der Waals surface area contributed by atoms with Crippen LogP contribution in [0.3, 0.4) is 0 Å². The van der Waals surface area contributed by atoms with E-state index in [2.05, 4.69) is 28.4 Å². The summed E-state index contributed by atoms with van der Waals surface area (Å²) in [5, 5.41) is 8.05. The third kappa shape index (κ3) is 2.40. The van der Waals surface area contributed by atoms with Crippen LogP contribution in [0, 0.1) is 6.92 Å². The largest absolute Gasteiger partial charge is 0.306 e. The van der Waals surface area contributed by atoms with E-state index in [0.717, 1.165) is 13.0 Å². The summed E-state index contributed by atoms with van der Waals surface area (Å²) in [4.78, 5) is 4.14. The summed E-state index contributed by atoms with van der Waals surface area (Å²) in [6, 6.07) is 2.53. The van der Waals surface area contributed by atoms with Crippen molar-refractivity contribution in [1.82, 2.24) is 20.1 Å². The van der Waals surface area contributed by atoms with Gasteiger partial charge >= 0.3 is 0 Å². The van der Waals surface area contributed by atoms with E-state index in [4.69, 9.17) is 0 Å². The van der Waals surface area contributed by atoms with Crippen LogP contribution in [-0.2, 0) is 20.0 Å². The van der Waals surface area contributed by atoms with Crippen LogP contribution in [0.1, 0.15) is 41.3 Å². The second-order valence-corrected chi connectivity index (χ2v) is 5.30. The molecule has 1 aliphatic carbocycles. The van der Waals surface area contributed by atoms with E-state index in [1.165, 1.54) is 35.2 Å². The van der Waals surface area contributed by atoms with Crippen LogP contribution in [0.5, 0.6) is 0 Å². The predicted molar refractivity (Wildman–Crippen MR) is 74.7 cm³/mol. The van der Waals surface area contributed by atoms with Gasteiger partial charge in [0.25, 0.3) is 0 Å². The smallest absolute Gasteiger partial charge is 0.0540 e. The predicted octanol–water partition coefficient (Wildman–Crippen LogP) is 2.29. The molecule has 2 heterocycles. The van der Waals surface area contributed by atoms with Crippen molar-refractivity contribution < 1.29 is 0 Å². The highest BCUT2D eigenvalue weighted by Gasteiger charge is 2.22. The van der Waals surface area contributed by atoms with Crippen LogP contribution in [0.15, 0.2) is 24.7 Å². The van der Waals surface area contributed by atoms with Gasteiger partial charge in [0, 0.05) is 43.3 Å². The standard InChI is InChI=1S/C15H20N4/c1-11-8-16-7-6-12(11)9-17-14-4-3-5-15-13(14)10-18-19(15)2/h6-8,10,14,17H,3-5,9H2,1-2H3. The third-order valence-corrected chi connectivity index (χ3v) is 4.05. The maximum absolute atomic E-state index is 4.39. The van der Waals surface area contributed by atoms with Gasteiger partial charge in [0.2, 0.25) is 0 Å². The van der Waals surface area contributed by atoms with Gasteiger partial charge in [0.05, 0.1) is 6.20 Å². The molecular formula is C15H20N4. The summed E-state index contributed by atoms with van der Waals surface area (Å²) in [6.07, 6.45) is 9.39. The Morgan fingerprint density at radius 2 is 2.32 bits per heavy atom. The average Bonchev–Trinajstić information content (AvgIpc) is 2.81. The van der Waals surface area contributed by atoms with Crippen molar-refractivity contribution in [3.05, 3.63) is 47.0 Å². The fourth-order valence-corrected chi connectivity index (χ4v) is 2.85. The van der Waals surface area contributed by atoms with E-state index < -0.39 is 0 Å². The fourth-order valence-electron chi connectivity index (χ4n) is 2.85.